The maximum atomic E-state index is 10.9. The van der Waals surface area contributed by atoms with Crippen molar-refractivity contribution in [1.29, 1.82) is 0 Å². The fourth-order valence-electron chi connectivity index (χ4n) is 1.48. The predicted octanol–water partition coefficient (Wildman–Crippen LogP) is 2.23. The Labute approximate surface area is 90.3 Å². The summed E-state index contributed by atoms with van der Waals surface area (Å²) in [5, 5.41) is 17.7. The molecule has 0 bridgehead atoms. The normalized spacial score (nSPS) is 16.7. The van der Waals surface area contributed by atoms with Gasteiger partial charge in [0.15, 0.2) is 0 Å². The number of carboxylic acids is 2. The smallest absolute Gasteiger partial charge is 0.306 e. The van der Waals surface area contributed by atoms with Crippen molar-refractivity contribution < 1.29 is 19.8 Å². The second kappa shape index (κ2) is 6.43. The van der Waals surface area contributed by atoms with Crippen LogP contribution in [-0.2, 0) is 9.59 Å². The largest absolute Gasteiger partial charge is 0.481 e. The molecule has 4 heteroatoms. The van der Waals surface area contributed by atoms with Crippen LogP contribution < -0.4 is 0 Å². The van der Waals surface area contributed by atoms with Gasteiger partial charge in [-0.3, -0.25) is 9.59 Å². The maximum Gasteiger partial charge on any atom is 0.306 e. The standard InChI is InChI=1S/C11H20O4/c1-4-7(2)5-9(11(14)15)6-8(3)10(12)13/h7-9H,4-6H2,1-3H3,(H,12,13)(H,14,15). The molecule has 0 saturated carbocycles. The lowest BCUT2D eigenvalue weighted by atomic mass is 9.87. The molecule has 0 aliphatic rings. The van der Waals surface area contributed by atoms with E-state index in [1.807, 2.05) is 13.8 Å². The molecule has 0 amide bonds. The lowest BCUT2D eigenvalue weighted by Crippen LogP contribution is -2.22. The predicted molar refractivity (Wildman–Crippen MR) is 56.6 cm³/mol. The van der Waals surface area contributed by atoms with E-state index in [0.29, 0.717) is 12.3 Å². The average molecular weight is 216 g/mol. The number of hydrogen-bond donors (Lipinski definition) is 2. The summed E-state index contributed by atoms with van der Waals surface area (Å²) in [6.07, 6.45) is 1.70. The van der Waals surface area contributed by atoms with Crippen LogP contribution in [0.4, 0.5) is 0 Å². The van der Waals surface area contributed by atoms with Gasteiger partial charge in [0.05, 0.1) is 11.8 Å². The van der Waals surface area contributed by atoms with Crippen LogP contribution in [0.1, 0.15) is 40.0 Å². The van der Waals surface area contributed by atoms with E-state index >= 15 is 0 Å². The molecule has 0 radical (unpaired) electrons. The van der Waals surface area contributed by atoms with Crippen LogP contribution in [0.25, 0.3) is 0 Å². The van der Waals surface area contributed by atoms with E-state index in [0.717, 1.165) is 6.42 Å². The van der Waals surface area contributed by atoms with E-state index in [9.17, 15) is 9.59 Å². The molecule has 3 atom stereocenters. The highest BCUT2D eigenvalue weighted by Gasteiger charge is 2.25. The molecule has 0 saturated heterocycles. The van der Waals surface area contributed by atoms with Gasteiger partial charge in [0.1, 0.15) is 0 Å². The fourth-order valence-corrected chi connectivity index (χ4v) is 1.48. The van der Waals surface area contributed by atoms with E-state index in [1.165, 1.54) is 0 Å². The highest BCUT2D eigenvalue weighted by molar-refractivity contribution is 5.73. The SMILES string of the molecule is CCC(C)CC(CC(C)C(=O)O)C(=O)O. The zero-order chi connectivity index (χ0) is 12.0. The fraction of sp³-hybridized carbons (Fsp3) is 0.818. The molecule has 0 aliphatic heterocycles. The van der Waals surface area contributed by atoms with Gasteiger partial charge in [-0.05, 0) is 18.8 Å². The molecule has 15 heavy (non-hydrogen) atoms. The zero-order valence-electron chi connectivity index (χ0n) is 9.56. The Kier molecular flexibility index (Phi) is 5.97. The summed E-state index contributed by atoms with van der Waals surface area (Å²) in [5.41, 5.74) is 0. The summed E-state index contributed by atoms with van der Waals surface area (Å²) in [6.45, 7) is 5.54. The highest BCUT2D eigenvalue weighted by atomic mass is 16.4. The van der Waals surface area contributed by atoms with Crippen LogP contribution in [0.15, 0.2) is 0 Å². The van der Waals surface area contributed by atoms with Crippen molar-refractivity contribution in [2.45, 2.75) is 40.0 Å². The van der Waals surface area contributed by atoms with Crippen LogP contribution in [0.5, 0.6) is 0 Å². The molecule has 0 aromatic rings. The minimum absolute atomic E-state index is 0.217. The van der Waals surface area contributed by atoms with Gasteiger partial charge in [0.2, 0.25) is 0 Å². The number of hydrogen-bond acceptors (Lipinski definition) is 2. The molecular weight excluding hydrogens is 196 g/mol. The van der Waals surface area contributed by atoms with Gasteiger partial charge >= 0.3 is 11.9 Å². The molecule has 88 valence electrons. The molecule has 0 fully saturated rings. The van der Waals surface area contributed by atoms with E-state index in [-0.39, 0.29) is 6.42 Å². The minimum Gasteiger partial charge on any atom is -0.481 e. The van der Waals surface area contributed by atoms with Crippen molar-refractivity contribution in [3.05, 3.63) is 0 Å². The Hall–Kier alpha value is -1.06. The van der Waals surface area contributed by atoms with Gasteiger partial charge in [0.25, 0.3) is 0 Å². The summed E-state index contributed by atoms with van der Waals surface area (Å²) < 4.78 is 0. The number of carbonyl (C=O) groups is 2. The third kappa shape index (κ3) is 5.40. The number of aliphatic carboxylic acids is 2. The Bertz CT molecular complexity index is 225. The first-order valence-corrected chi connectivity index (χ1v) is 5.34. The third-order valence-corrected chi connectivity index (χ3v) is 2.79. The monoisotopic (exact) mass is 216 g/mol. The van der Waals surface area contributed by atoms with E-state index in [2.05, 4.69) is 0 Å². The quantitative estimate of drug-likeness (QED) is 0.684. The van der Waals surface area contributed by atoms with Crippen molar-refractivity contribution in [2.75, 3.05) is 0 Å². The van der Waals surface area contributed by atoms with Gasteiger partial charge in [-0.15, -0.1) is 0 Å². The lowest BCUT2D eigenvalue weighted by molar-refractivity contribution is -0.145. The molecule has 2 N–H and O–H groups in total. The van der Waals surface area contributed by atoms with Gasteiger partial charge in [-0.25, -0.2) is 0 Å². The van der Waals surface area contributed by atoms with Crippen LogP contribution in [0, 0.1) is 17.8 Å². The molecule has 0 rings (SSSR count). The van der Waals surface area contributed by atoms with Crippen LogP contribution >= 0.6 is 0 Å². The summed E-state index contributed by atoms with van der Waals surface area (Å²) in [6, 6.07) is 0. The van der Waals surface area contributed by atoms with Crippen molar-refractivity contribution in [3.63, 3.8) is 0 Å². The first kappa shape index (κ1) is 13.9. The van der Waals surface area contributed by atoms with E-state index in [4.69, 9.17) is 10.2 Å². The highest BCUT2D eigenvalue weighted by Crippen LogP contribution is 2.22. The Balaban J connectivity index is 4.28. The van der Waals surface area contributed by atoms with Crippen molar-refractivity contribution in [2.24, 2.45) is 17.8 Å². The molecule has 0 heterocycles. The zero-order valence-corrected chi connectivity index (χ0v) is 9.56. The molecule has 0 spiro atoms. The number of rotatable bonds is 7. The first-order chi connectivity index (χ1) is 6.88. The van der Waals surface area contributed by atoms with Crippen molar-refractivity contribution >= 4 is 11.9 Å². The average Bonchev–Trinajstić information content (AvgIpc) is 2.15. The Morgan fingerprint density at radius 3 is 1.93 bits per heavy atom. The van der Waals surface area contributed by atoms with Gasteiger partial charge in [-0.1, -0.05) is 27.2 Å². The Morgan fingerprint density at radius 2 is 1.60 bits per heavy atom. The van der Waals surface area contributed by atoms with Gasteiger partial charge in [-0.2, -0.15) is 0 Å². The molecule has 0 aliphatic carbocycles. The topological polar surface area (TPSA) is 74.6 Å². The lowest BCUT2D eigenvalue weighted by Gasteiger charge is -2.18. The summed E-state index contributed by atoms with van der Waals surface area (Å²) in [5.74, 6) is -2.61. The molecule has 3 unspecified atom stereocenters. The summed E-state index contributed by atoms with van der Waals surface area (Å²) in [4.78, 5) is 21.5. The van der Waals surface area contributed by atoms with Gasteiger partial charge < -0.3 is 10.2 Å². The maximum absolute atomic E-state index is 10.9. The molecule has 4 nitrogen and oxygen atoms in total. The van der Waals surface area contributed by atoms with Crippen LogP contribution in [0.3, 0.4) is 0 Å². The second-order valence-corrected chi connectivity index (χ2v) is 4.26. The second-order valence-electron chi connectivity index (χ2n) is 4.26. The first-order valence-electron chi connectivity index (χ1n) is 5.34. The summed E-state index contributed by atoms with van der Waals surface area (Å²) >= 11 is 0. The third-order valence-electron chi connectivity index (χ3n) is 2.79. The van der Waals surface area contributed by atoms with Crippen molar-refractivity contribution in [3.8, 4) is 0 Å². The van der Waals surface area contributed by atoms with Crippen LogP contribution in [0.2, 0.25) is 0 Å². The van der Waals surface area contributed by atoms with E-state index in [1.54, 1.807) is 6.92 Å². The van der Waals surface area contributed by atoms with Crippen molar-refractivity contribution in [1.82, 2.24) is 0 Å². The van der Waals surface area contributed by atoms with Gasteiger partial charge in [0, 0.05) is 0 Å². The summed E-state index contributed by atoms with van der Waals surface area (Å²) in [7, 11) is 0. The van der Waals surface area contributed by atoms with E-state index < -0.39 is 23.8 Å². The molecule has 0 aromatic carbocycles. The number of carboxylic acid groups (broad SMARTS) is 2. The minimum atomic E-state index is -0.926. The molecule has 0 aromatic heterocycles. The van der Waals surface area contributed by atoms with Crippen LogP contribution in [-0.4, -0.2) is 22.2 Å². The Morgan fingerprint density at radius 1 is 1.07 bits per heavy atom. The molecular formula is C11H20O4.